The van der Waals surface area contributed by atoms with E-state index < -0.39 is 16.1 Å². The second kappa shape index (κ2) is 7.18. The molecule has 112 valence electrons. The number of carbonyl (C=O) groups is 1. The lowest BCUT2D eigenvalue weighted by atomic mass is 10.1. The number of ether oxygens (including phenoxy) is 1. The van der Waals surface area contributed by atoms with Crippen molar-refractivity contribution in [3.8, 4) is 0 Å². The normalized spacial score (nSPS) is 22.3. The summed E-state index contributed by atoms with van der Waals surface area (Å²) in [5.74, 6) is -0.142. The molecule has 1 aliphatic heterocycles. The maximum Gasteiger partial charge on any atom is 0.239 e. The Balaban J connectivity index is 2.52. The SMILES string of the molecule is COCCC(N)C(=O)N1CCCC(NS(C)(=O)=O)C1. The van der Waals surface area contributed by atoms with Crippen molar-refractivity contribution in [3.63, 3.8) is 0 Å². The highest BCUT2D eigenvalue weighted by Gasteiger charge is 2.28. The summed E-state index contributed by atoms with van der Waals surface area (Å²) in [6.45, 7) is 1.44. The summed E-state index contributed by atoms with van der Waals surface area (Å²) in [6, 6.07) is -0.806. The minimum absolute atomic E-state index is 0.142. The first-order chi connectivity index (χ1) is 8.83. The molecule has 1 heterocycles. The number of methoxy groups -OCH3 is 1. The van der Waals surface area contributed by atoms with Gasteiger partial charge in [-0.3, -0.25) is 4.79 Å². The van der Waals surface area contributed by atoms with Gasteiger partial charge in [0.25, 0.3) is 0 Å². The Morgan fingerprint density at radius 1 is 1.58 bits per heavy atom. The van der Waals surface area contributed by atoms with Crippen molar-refractivity contribution in [1.82, 2.24) is 9.62 Å². The fourth-order valence-corrected chi connectivity index (χ4v) is 2.98. The molecule has 3 N–H and O–H groups in total. The summed E-state index contributed by atoms with van der Waals surface area (Å²) < 4.78 is 29.8. The van der Waals surface area contributed by atoms with Gasteiger partial charge in [0.05, 0.1) is 12.3 Å². The molecule has 19 heavy (non-hydrogen) atoms. The molecule has 1 saturated heterocycles. The van der Waals surface area contributed by atoms with Crippen LogP contribution in [0.5, 0.6) is 0 Å². The number of rotatable bonds is 6. The van der Waals surface area contributed by atoms with E-state index in [2.05, 4.69) is 4.72 Å². The second-order valence-corrected chi connectivity index (χ2v) is 6.68. The third-order valence-corrected chi connectivity index (χ3v) is 3.83. The first-order valence-electron chi connectivity index (χ1n) is 6.34. The average molecular weight is 293 g/mol. The van der Waals surface area contributed by atoms with Gasteiger partial charge in [0.2, 0.25) is 15.9 Å². The van der Waals surface area contributed by atoms with E-state index in [4.69, 9.17) is 10.5 Å². The van der Waals surface area contributed by atoms with Crippen LogP contribution in [-0.4, -0.2) is 64.4 Å². The summed E-state index contributed by atoms with van der Waals surface area (Å²) in [5.41, 5.74) is 5.80. The van der Waals surface area contributed by atoms with E-state index in [1.807, 2.05) is 0 Å². The molecule has 2 atom stereocenters. The number of nitrogens with zero attached hydrogens (tertiary/aromatic N) is 1. The number of hydrogen-bond acceptors (Lipinski definition) is 5. The number of nitrogens with one attached hydrogen (secondary N) is 1. The van der Waals surface area contributed by atoms with Crippen molar-refractivity contribution in [3.05, 3.63) is 0 Å². The monoisotopic (exact) mass is 293 g/mol. The van der Waals surface area contributed by atoms with Gasteiger partial charge in [0.15, 0.2) is 0 Å². The molecule has 0 aromatic carbocycles. The number of carbonyl (C=O) groups excluding carboxylic acids is 1. The molecule has 1 rings (SSSR count). The Bertz CT molecular complexity index is 399. The van der Waals surface area contributed by atoms with Crippen molar-refractivity contribution >= 4 is 15.9 Å². The molecule has 1 fully saturated rings. The third-order valence-electron chi connectivity index (χ3n) is 3.06. The molecule has 0 aromatic rings. The smallest absolute Gasteiger partial charge is 0.239 e. The van der Waals surface area contributed by atoms with Gasteiger partial charge >= 0.3 is 0 Å². The lowest BCUT2D eigenvalue weighted by Crippen LogP contribution is -2.53. The number of hydrogen-bond donors (Lipinski definition) is 2. The first kappa shape index (κ1) is 16.4. The van der Waals surface area contributed by atoms with Crippen LogP contribution in [0.3, 0.4) is 0 Å². The zero-order valence-corrected chi connectivity index (χ0v) is 12.3. The standard InChI is InChI=1S/C11H23N3O4S/c1-18-7-5-10(12)11(15)14-6-3-4-9(8-14)13-19(2,16)17/h9-10,13H,3-8,12H2,1-2H3. The minimum atomic E-state index is -3.25. The van der Waals surface area contributed by atoms with E-state index in [1.54, 1.807) is 12.0 Å². The molecular weight excluding hydrogens is 270 g/mol. The van der Waals surface area contributed by atoms with Crippen LogP contribution in [-0.2, 0) is 19.6 Å². The lowest BCUT2D eigenvalue weighted by molar-refractivity contribution is -0.134. The highest BCUT2D eigenvalue weighted by Crippen LogP contribution is 2.12. The minimum Gasteiger partial charge on any atom is -0.385 e. The molecule has 0 bridgehead atoms. The quantitative estimate of drug-likeness (QED) is 0.646. The fraction of sp³-hybridized carbons (Fsp3) is 0.909. The summed E-state index contributed by atoms with van der Waals surface area (Å²) >= 11 is 0. The van der Waals surface area contributed by atoms with Gasteiger partial charge in [0.1, 0.15) is 0 Å². The lowest BCUT2D eigenvalue weighted by Gasteiger charge is -2.34. The molecule has 0 aromatic heterocycles. The molecule has 0 spiro atoms. The molecule has 1 aliphatic rings. The van der Waals surface area contributed by atoms with Crippen LogP contribution in [0.15, 0.2) is 0 Å². The Morgan fingerprint density at radius 3 is 2.84 bits per heavy atom. The molecular formula is C11H23N3O4S. The van der Waals surface area contributed by atoms with Gasteiger partial charge in [-0.05, 0) is 19.3 Å². The Morgan fingerprint density at radius 2 is 2.26 bits per heavy atom. The van der Waals surface area contributed by atoms with Crippen LogP contribution in [0.2, 0.25) is 0 Å². The Kier molecular flexibility index (Phi) is 6.18. The molecule has 0 radical (unpaired) electrons. The van der Waals surface area contributed by atoms with E-state index >= 15 is 0 Å². The van der Waals surface area contributed by atoms with E-state index in [0.29, 0.717) is 26.1 Å². The van der Waals surface area contributed by atoms with Gasteiger partial charge in [-0.2, -0.15) is 0 Å². The summed E-state index contributed by atoms with van der Waals surface area (Å²) in [5, 5.41) is 0. The van der Waals surface area contributed by atoms with Crippen LogP contribution < -0.4 is 10.5 Å². The van der Waals surface area contributed by atoms with Crippen molar-refractivity contribution in [2.24, 2.45) is 5.73 Å². The predicted octanol–water partition coefficient (Wildman–Crippen LogP) is -1.11. The molecule has 0 saturated carbocycles. The van der Waals surface area contributed by atoms with Gasteiger partial charge < -0.3 is 15.4 Å². The van der Waals surface area contributed by atoms with E-state index in [-0.39, 0.29) is 11.9 Å². The fourth-order valence-electron chi connectivity index (χ4n) is 2.18. The third kappa shape index (κ3) is 5.85. The molecule has 8 heteroatoms. The van der Waals surface area contributed by atoms with E-state index in [1.165, 1.54) is 0 Å². The Hall–Kier alpha value is -0.700. The largest absolute Gasteiger partial charge is 0.385 e. The van der Waals surface area contributed by atoms with Crippen molar-refractivity contribution in [2.75, 3.05) is 33.1 Å². The van der Waals surface area contributed by atoms with Gasteiger partial charge in [-0.15, -0.1) is 0 Å². The molecule has 7 nitrogen and oxygen atoms in total. The highest BCUT2D eigenvalue weighted by molar-refractivity contribution is 7.88. The summed E-state index contributed by atoms with van der Waals surface area (Å²) in [6.07, 6.45) is 3.11. The maximum absolute atomic E-state index is 12.1. The molecule has 0 aliphatic carbocycles. The maximum atomic E-state index is 12.1. The zero-order chi connectivity index (χ0) is 14.5. The predicted molar refractivity (Wildman–Crippen MR) is 72.0 cm³/mol. The first-order valence-corrected chi connectivity index (χ1v) is 8.23. The Labute approximate surface area is 114 Å². The number of piperidine rings is 1. The van der Waals surface area contributed by atoms with Crippen molar-refractivity contribution < 1.29 is 17.9 Å². The van der Waals surface area contributed by atoms with Crippen LogP contribution in [0, 0.1) is 0 Å². The van der Waals surface area contributed by atoms with Gasteiger partial charge in [-0.1, -0.05) is 0 Å². The molecule has 2 unspecified atom stereocenters. The second-order valence-electron chi connectivity index (χ2n) is 4.90. The number of likely N-dealkylation sites (tertiary alicyclic amines) is 1. The number of amides is 1. The van der Waals surface area contributed by atoms with Crippen LogP contribution in [0.1, 0.15) is 19.3 Å². The van der Waals surface area contributed by atoms with Crippen LogP contribution in [0.4, 0.5) is 0 Å². The number of nitrogens with two attached hydrogens (primary N) is 1. The van der Waals surface area contributed by atoms with Crippen molar-refractivity contribution in [2.45, 2.75) is 31.3 Å². The topological polar surface area (TPSA) is 102 Å². The van der Waals surface area contributed by atoms with E-state index in [9.17, 15) is 13.2 Å². The number of sulfonamides is 1. The van der Waals surface area contributed by atoms with Crippen molar-refractivity contribution in [1.29, 1.82) is 0 Å². The van der Waals surface area contributed by atoms with Gasteiger partial charge in [-0.25, -0.2) is 13.1 Å². The van der Waals surface area contributed by atoms with Crippen LogP contribution in [0.25, 0.3) is 0 Å². The summed E-state index contributed by atoms with van der Waals surface area (Å²) in [4.78, 5) is 13.7. The highest BCUT2D eigenvalue weighted by atomic mass is 32.2. The zero-order valence-electron chi connectivity index (χ0n) is 11.5. The summed E-state index contributed by atoms with van der Waals surface area (Å²) in [7, 11) is -1.69. The van der Waals surface area contributed by atoms with Gasteiger partial charge in [0, 0.05) is 32.8 Å². The van der Waals surface area contributed by atoms with Crippen LogP contribution >= 0.6 is 0 Å². The average Bonchev–Trinajstić information content (AvgIpc) is 2.33. The van der Waals surface area contributed by atoms with E-state index in [0.717, 1.165) is 19.1 Å². The molecule has 1 amide bonds.